The van der Waals surface area contributed by atoms with Gasteiger partial charge in [-0.15, -0.1) is 0 Å². The van der Waals surface area contributed by atoms with Crippen molar-refractivity contribution in [1.82, 2.24) is 4.90 Å². The number of hydrogen-bond donors (Lipinski definition) is 0. The van der Waals surface area contributed by atoms with Gasteiger partial charge < -0.3 is 4.90 Å². The number of likely N-dealkylation sites (tertiary alicyclic amines) is 1. The van der Waals surface area contributed by atoms with Gasteiger partial charge in [-0.1, -0.05) is 41.9 Å². The van der Waals surface area contributed by atoms with E-state index in [-0.39, 0.29) is 28.2 Å². The summed E-state index contributed by atoms with van der Waals surface area (Å²) < 4.78 is 0. The summed E-state index contributed by atoms with van der Waals surface area (Å²) in [6, 6.07) is 13.7. The molecule has 1 amide bonds. The van der Waals surface area contributed by atoms with Crippen molar-refractivity contribution in [2.45, 2.75) is 18.9 Å². The third-order valence-corrected chi connectivity index (χ3v) is 4.42. The van der Waals surface area contributed by atoms with Gasteiger partial charge in [0.25, 0.3) is 11.6 Å². The van der Waals surface area contributed by atoms with Crippen LogP contribution in [0.3, 0.4) is 0 Å². The van der Waals surface area contributed by atoms with Crippen LogP contribution >= 0.6 is 11.6 Å². The Morgan fingerprint density at radius 3 is 2.65 bits per heavy atom. The van der Waals surface area contributed by atoms with Crippen LogP contribution in [0.15, 0.2) is 48.5 Å². The van der Waals surface area contributed by atoms with E-state index in [0.717, 1.165) is 18.4 Å². The minimum Gasteiger partial charge on any atom is -0.332 e. The van der Waals surface area contributed by atoms with Crippen molar-refractivity contribution in [1.29, 1.82) is 0 Å². The van der Waals surface area contributed by atoms with Crippen molar-refractivity contribution in [2.75, 3.05) is 6.54 Å². The zero-order valence-corrected chi connectivity index (χ0v) is 13.1. The maximum atomic E-state index is 12.8. The van der Waals surface area contributed by atoms with E-state index < -0.39 is 4.92 Å². The fraction of sp³-hybridized carbons (Fsp3) is 0.235. The van der Waals surface area contributed by atoms with Gasteiger partial charge in [-0.3, -0.25) is 14.9 Å². The number of non-ortho nitro benzene ring substituents is 1. The summed E-state index contributed by atoms with van der Waals surface area (Å²) in [6.45, 7) is 0.622. The van der Waals surface area contributed by atoms with Crippen LogP contribution in [0.1, 0.15) is 34.8 Å². The highest BCUT2D eigenvalue weighted by atomic mass is 35.5. The number of benzene rings is 2. The first-order chi connectivity index (χ1) is 11.1. The third kappa shape index (κ3) is 3.05. The summed E-state index contributed by atoms with van der Waals surface area (Å²) in [7, 11) is 0. The minimum absolute atomic E-state index is 0.0148. The summed E-state index contributed by atoms with van der Waals surface area (Å²) in [5, 5.41) is 11.2. The number of carbonyl (C=O) groups excluding carboxylic acids is 1. The maximum Gasteiger partial charge on any atom is 0.270 e. The van der Waals surface area contributed by atoms with Gasteiger partial charge >= 0.3 is 0 Å². The molecule has 3 rings (SSSR count). The molecule has 0 bridgehead atoms. The number of hydrogen-bond acceptors (Lipinski definition) is 3. The minimum atomic E-state index is -0.522. The van der Waals surface area contributed by atoms with Crippen molar-refractivity contribution in [3.63, 3.8) is 0 Å². The average molecular weight is 331 g/mol. The maximum absolute atomic E-state index is 12.8. The van der Waals surface area contributed by atoms with Gasteiger partial charge in [0.1, 0.15) is 0 Å². The second-order valence-corrected chi connectivity index (χ2v) is 5.90. The predicted octanol–water partition coefficient (Wildman–Crippen LogP) is 4.23. The van der Waals surface area contributed by atoms with Gasteiger partial charge in [0, 0.05) is 18.7 Å². The van der Waals surface area contributed by atoms with Crippen LogP contribution in [0.4, 0.5) is 5.69 Å². The lowest BCUT2D eigenvalue weighted by molar-refractivity contribution is -0.384. The standard InChI is InChI=1S/C17H15ClN2O3/c18-15-9-8-13(20(22)23)11-14(15)17(21)19-10-4-7-16(19)12-5-2-1-3-6-12/h1-3,5-6,8-9,11,16H,4,7,10H2. The number of carbonyl (C=O) groups is 1. The summed E-state index contributed by atoms with van der Waals surface area (Å²) in [5.74, 6) is -0.259. The molecule has 1 saturated heterocycles. The molecule has 6 heteroatoms. The average Bonchev–Trinajstić information content (AvgIpc) is 3.05. The molecule has 1 atom stereocenters. The third-order valence-electron chi connectivity index (χ3n) is 4.09. The van der Waals surface area contributed by atoms with Crippen LogP contribution in [-0.2, 0) is 0 Å². The summed E-state index contributed by atoms with van der Waals surface area (Å²) in [4.78, 5) is 25.0. The fourth-order valence-corrected chi connectivity index (χ4v) is 3.18. The molecular formula is C17H15ClN2O3. The van der Waals surface area contributed by atoms with Crippen molar-refractivity contribution in [3.05, 3.63) is 74.8 Å². The summed E-state index contributed by atoms with van der Waals surface area (Å²) >= 11 is 6.10. The van der Waals surface area contributed by atoms with Crippen LogP contribution < -0.4 is 0 Å². The van der Waals surface area contributed by atoms with E-state index in [4.69, 9.17) is 11.6 Å². The molecule has 118 valence electrons. The van der Waals surface area contributed by atoms with E-state index in [1.807, 2.05) is 30.3 Å². The number of halogens is 1. The molecule has 0 N–H and O–H groups in total. The van der Waals surface area contributed by atoms with E-state index in [0.29, 0.717) is 6.54 Å². The normalized spacial score (nSPS) is 17.3. The highest BCUT2D eigenvalue weighted by molar-refractivity contribution is 6.34. The first kappa shape index (κ1) is 15.5. The van der Waals surface area contributed by atoms with Gasteiger partial charge in [-0.25, -0.2) is 0 Å². The summed E-state index contributed by atoms with van der Waals surface area (Å²) in [6.07, 6.45) is 1.78. The molecule has 1 aliphatic rings. The predicted molar refractivity (Wildman–Crippen MR) is 87.6 cm³/mol. The Kier molecular flexibility index (Phi) is 4.30. The lowest BCUT2D eigenvalue weighted by Crippen LogP contribution is -2.30. The first-order valence-corrected chi connectivity index (χ1v) is 7.75. The van der Waals surface area contributed by atoms with E-state index >= 15 is 0 Å². The molecule has 1 fully saturated rings. The molecule has 5 nitrogen and oxygen atoms in total. The fourth-order valence-electron chi connectivity index (χ4n) is 2.98. The Balaban J connectivity index is 1.93. The topological polar surface area (TPSA) is 63.4 Å². The van der Waals surface area contributed by atoms with Crippen LogP contribution in [0.5, 0.6) is 0 Å². The molecule has 1 unspecified atom stereocenters. The number of nitrogens with zero attached hydrogens (tertiary/aromatic N) is 2. The van der Waals surface area contributed by atoms with Gasteiger partial charge in [-0.2, -0.15) is 0 Å². The molecule has 0 aromatic heterocycles. The Bertz CT molecular complexity index is 749. The zero-order chi connectivity index (χ0) is 16.4. The van der Waals surface area contributed by atoms with Crippen molar-refractivity contribution in [2.24, 2.45) is 0 Å². The highest BCUT2D eigenvalue weighted by Crippen LogP contribution is 2.34. The Morgan fingerprint density at radius 2 is 1.96 bits per heavy atom. The molecule has 1 heterocycles. The molecule has 23 heavy (non-hydrogen) atoms. The Labute approximate surface area is 138 Å². The smallest absolute Gasteiger partial charge is 0.270 e. The van der Waals surface area contributed by atoms with Crippen molar-refractivity contribution >= 4 is 23.2 Å². The van der Waals surface area contributed by atoms with Crippen molar-refractivity contribution in [3.8, 4) is 0 Å². The molecule has 2 aromatic carbocycles. The number of rotatable bonds is 3. The highest BCUT2D eigenvalue weighted by Gasteiger charge is 2.32. The largest absolute Gasteiger partial charge is 0.332 e. The van der Waals surface area contributed by atoms with Gasteiger partial charge in [0.2, 0.25) is 0 Å². The van der Waals surface area contributed by atoms with Crippen LogP contribution in [0.2, 0.25) is 5.02 Å². The second-order valence-electron chi connectivity index (χ2n) is 5.49. The first-order valence-electron chi connectivity index (χ1n) is 7.38. The lowest BCUT2D eigenvalue weighted by Gasteiger charge is -2.25. The van der Waals surface area contributed by atoms with E-state index in [2.05, 4.69) is 0 Å². The second kappa shape index (κ2) is 6.38. The van der Waals surface area contributed by atoms with E-state index in [1.165, 1.54) is 18.2 Å². The van der Waals surface area contributed by atoms with Gasteiger partial charge in [0.15, 0.2) is 0 Å². The molecular weight excluding hydrogens is 316 g/mol. The van der Waals surface area contributed by atoms with E-state index in [1.54, 1.807) is 4.90 Å². The van der Waals surface area contributed by atoms with Gasteiger partial charge in [0.05, 0.1) is 21.6 Å². The van der Waals surface area contributed by atoms with Crippen LogP contribution in [-0.4, -0.2) is 22.3 Å². The summed E-state index contributed by atoms with van der Waals surface area (Å²) in [5.41, 5.74) is 1.12. The van der Waals surface area contributed by atoms with Crippen LogP contribution in [0.25, 0.3) is 0 Å². The molecule has 0 spiro atoms. The van der Waals surface area contributed by atoms with Crippen LogP contribution in [0, 0.1) is 10.1 Å². The number of nitro benzene ring substituents is 1. The molecule has 0 saturated carbocycles. The SMILES string of the molecule is O=C(c1cc([N+](=O)[O-])ccc1Cl)N1CCCC1c1ccccc1. The molecule has 2 aromatic rings. The van der Waals surface area contributed by atoms with Gasteiger partial charge in [-0.05, 0) is 24.5 Å². The monoisotopic (exact) mass is 330 g/mol. The molecule has 0 radical (unpaired) electrons. The zero-order valence-electron chi connectivity index (χ0n) is 12.3. The quantitative estimate of drug-likeness (QED) is 0.625. The van der Waals surface area contributed by atoms with Crippen molar-refractivity contribution < 1.29 is 9.72 Å². The Hall–Kier alpha value is -2.40. The molecule has 0 aliphatic carbocycles. The molecule has 1 aliphatic heterocycles. The number of amides is 1. The lowest BCUT2D eigenvalue weighted by atomic mass is 10.0. The van der Waals surface area contributed by atoms with E-state index in [9.17, 15) is 14.9 Å². The number of nitro groups is 1. The Morgan fingerprint density at radius 1 is 1.22 bits per heavy atom.